The summed E-state index contributed by atoms with van der Waals surface area (Å²) in [6.07, 6.45) is 7.73. The molecule has 0 aromatic carbocycles. The van der Waals surface area contributed by atoms with Crippen LogP contribution in [0.25, 0.3) is 0 Å². The van der Waals surface area contributed by atoms with Crippen LogP contribution in [0.1, 0.15) is 52.4 Å². The first-order valence-electron chi connectivity index (χ1n) is 8.33. The molecule has 1 amide bonds. The number of nitrogens with zero attached hydrogens (tertiary/aromatic N) is 2. The molecule has 3 rings (SSSR count). The molecule has 0 aromatic rings. The van der Waals surface area contributed by atoms with Crippen molar-refractivity contribution < 1.29 is 9.59 Å². The fraction of sp³-hybridized carbons (Fsp3) is 0.722. The van der Waals surface area contributed by atoms with Crippen LogP contribution in [0.3, 0.4) is 0 Å². The van der Waals surface area contributed by atoms with E-state index in [9.17, 15) is 14.9 Å². The maximum Gasteiger partial charge on any atom is 0.225 e. The summed E-state index contributed by atoms with van der Waals surface area (Å²) < 4.78 is 0. The van der Waals surface area contributed by atoms with Gasteiger partial charge in [-0.2, -0.15) is 5.26 Å². The Morgan fingerprint density at radius 1 is 1.36 bits per heavy atom. The highest BCUT2D eigenvalue weighted by Gasteiger charge is 2.47. The minimum atomic E-state index is -0.512. The summed E-state index contributed by atoms with van der Waals surface area (Å²) in [5.74, 6) is 0.447. The Bertz CT molecular complexity index is 580. The van der Waals surface area contributed by atoms with E-state index in [0.717, 1.165) is 45.1 Å². The number of hydrogen-bond donors (Lipinski definition) is 0. The van der Waals surface area contributed by atoms with Crippen molar-refractivity contribution in [2.24, 2.45) is 16.7 Å². The van der Waals surface area contributed by atoms with Crippen molar-refractivity contribution in [2.75, 3.05) is 13.1 Å². The number of piperidine rings is 1. The molecule has 3 aliphatic rings. The van der Waals surface area contributed by atoms with E-state index in [1.54, 1.807) is 0 Å². The quantitative estimate of drug-likeness (QED) is 0.748. The molecule has 2 aliphatic carbocycles. The second-order valence-electron chi connectivity index (χ2n) is 7.91. The molecule has 1 saturated heterocycles. The largest absolute Gasteiger partial charge is 0.342 e. The Labute approximate surface area is 132 Å². The Morgan fingerprint density at radius 3 is 2.68 bits per heavy atom. The zero-order chi connectivity index (χ0) is 16.0. The van der Waals surface area contributed by atoms with Crippen molar-refractivity contribution in [3.05, 3.63) is 11.6 Å². The van der Waals surface area contributed by atoms with Gasteiger partial charge < -0.3 is 4.90 Å². The number of ketones is 1. The number of rotatable bonds is 1. The lowest BCUT2D eigenvalue weighted by atomic mass is 9.61. The van der Waals surface area contributed by atoms with Crippen LogP contribution in [-0.4, -0.2) is 29.7 Å². The predicted molar refractivity (Wildman–Crippen MR) is 82.7 cm³/mol. The molecule has 118 valence electrons. The van der Waals surface area contributed by atoms with E-state index >= 15 is 0 Å². The monoisotopic (exact) mass is 300 g/mol. The molecule has 0 radical (unpaired) electrons. The molecular weight excluding hydrogens is 276 g/mol. The van der Waals surface area contributed by atoms with Gasteiger partial charge in [0.05, 0.1) is 5.57 Å². The number of nitriles is 1. The van der Waals surface area contributed by atoms with Gasteiger partial charge in [0.25, 0.3) is 0 Å². The average Bonchev–Trinajstić information content (AvgIpc) is 2.40. The molecule has 1 spiro atoms. The number of hydrogen-bond acceptors (Lipinski definition) is 3. The summed E-state index contributed by atoms with van der Waals surface area (Å²) in [7, 11) is 0. The lowest BCUT2D eigenvalue weighted by Gasteiger charge is -2.48. The van der Waals surface area contributed by atoms with Gasteiger partial charge in [0, 0.05) is 29.8 Å². The number of carbonyl (C=O) groups excluding carboxylic acids is 2. The van der Waals surface area contributed by atoms with Crippen LogP contribution < -0.4 is 0 Å². The van der Waals surface area contributed by atoms with Gasteiger partial charge in [-0.05, 0) is 32.1 Å². The van der Waals surface area contributed by atoms with E-state index in [1.165, 1.54) is 0 Å². The Balaban J connectivity index is 1.86. The molecule has 1 heterocycles. The molecule has 4 heteroatoms. The first-order valence-corrected chi connectivity index (χ1v) is 8.33. The highest BCUT2D eigenvalue weighted by Crippen LogP contribution is 2.48. The van der Waals surface area contributed by atoms with E-state index in [2.05, 4.69) is 6.07 Å². The van der Waals surface area contributed by atoms with Crippen molar-refractivity contribution >= 4 is 11.7 Å². The van der Waals surface area contributed by atoms with Crippen LogP contribution in [0, 0.1) is 28.1 Å². The van der Waals surface area contributed by atoms with Gasteiger partial charge in [0.15, 0.2) is 5.78 Å². The van der Waals surface area contributed by atoms with Gasteiger partial charge in [0.2, 0.25) is 5.91 Å². The second-order valence-corrected chi connectivity index (χ2v) is 7.91. The summed E-state index contributed by atoms with van der Waals surface area (Å²) in [6, 6.07) is 2.08. The van der Waals surface area contributed by atoms with Crippen LogP contribution in [0.15, 0.2) is 11.6 Å². The van der Waals surface area contributed by atoms with E-state index in [-0.39, 0.29) is 28.6 Å². The molecule has 1 unspecified atom stereocenters. The minimum Gasteiger partial charge on any atom is -0.342 e. The highest BCUT2D eigenvalue weighted by molar-refractivity contribution is 6.03. The van der Waals surface area contributed by atoms with Crippen molar-refractivity contribution in [1.82, 2.24) is 4.90 Å². The first kappa shape index (κ1) is 15.3. The van der Waals surface area contributed by atoms with Gasteiger partial charge in [-0.1, -0.05) is 26.3 Å². The van der Waals surface area contributed by atoms with Gasteiger partial charge >= 0.3 is 0 Å². The van der Waals surface area contributed by atoms with E-state index in [0.29, 0.717) is 6.54 Å². The summed E-state index contributed by atoms with van der Waals surface area (Å²) in [6.45, 7) is 5.34. The van der Waals surface area contributed by atoms with E-state index in [4.69, 9.17) is 0 Å². The van der Waals surface area contributed by atoms with Crippen LogP contribution >= 0.6 is 0 Å². The van der Waals surface area contributed by atoms with Gasteiger partial charge in [-0.25, -0.2) is 0 Å². The Hall–Kier alpha value is -1.63. The third-order valence-corrected chi connectivity index (χ3v) is 5.60. The number of likely N-dealkylation sites (tertiary alicyclic amines) is 1. The van der Waals surface area contributed by atoms with Crippen molar-refractivity contribution in [1.29, 1.82) is 5.26 Å². The third-order valence-electron chi connectivity index (χ3n) is 5.60. The van der Waals surface area contributed by atoms with Crippen LogP contribution in [-0.2, 0) is 9.59 Å². The smallest absolute Gasteiger partial charge is 0.225 e. The third kappa shape index (κ3) is 2.47. The molecule has 1 atom stereocenters. The fourth-order valence-corrected chi connectivity index (χ4v) is 4.35. The average molecular weight is 300 g/mol. The number of carbonyl (C=O) groups is 2. The zero-order valence-electron chi connectivity index (χ0n) is 13.5. The van der Waals surface area contributed by atoms with Crippen molar-refractivity contribution in [3.8, 4) is 6.07 Å². The highest BCUT2D eigenvalue weighted by atomic mass is 16.2. The molecule has 2 fully saturated rings. The zero-order valence-corrected chi connectivity index (χ0v) is 13.5. The number of Topliss-reactive ketones (excluding diaryl/α,β-unsaturated/α-hetero) is 1. The SMILES string of the molecule is CC1(C)CC2(C=C(C#N)C1=O)CCCN(C(=O)C1CCC1)C2. The summed E-state index contributed by atoms with van der Waals surface area (Å²) in [4.78, 5) is 26.9. The molecule has 0 bridgehead atoms. The molecule has 22 heavy (non-hydrogen) atoms. The summed E-state index contributed by atoms with van der Waals surface area (Å²) in [5.41, 5.74) is -0.420. The van der Waals surface area contributed by atoms with Crippen molar-refractivity contribution in [2.45, 2.75) is 52.4 Å². The summed E-state index contributed by atoms with van der Waals surface area (Å²) >= 11 is 0. The lowest BCUT2D eigenvalue weighted by molar-refractivity contribution is -0.142. The van der Waals surface area contributed by atoms with Gasteiger partial charge in [-0.15, -0.1) is 0 Å². The lowest BCUT2D eigenvalue weighted by Crippen LogP contribution is -2.51. The fourth-order valence-electron chi connectivity index (χ4n) is 4.35. The maximum absolute atomic E-state index is 12.6. The standard InChI is InChI=1S/C18H24N2O2/c1-17(2)11-18(9-14(10-19)15(17)21)7-4-8-20(12-18)16(22)13-5-3-6-13/h9,13H,3-8,11-12H2,1-2H3. The number of allylic oxidation sites excluding steroid dienone is 1. The van der Waals surface area contributed by atoms with Crippen LogP contribution in [0.5, 0.6) is 0 Å². The number of amides is 1. The molecule has 0 N–H and O–H groups in total. The van der Waals surface area contributed by atoms with Crippen molar-refractivity contribution in [3.63, 3.8) is 0 Å². The molecule has 0 aromatic heterocycles. The normalized spacial score (nSPS) is 31.4. The second kappa shape index (κ2) is 5.22. The molecular formula is C18H24N2O2. The molecule has 4 nitrogen and oxygen atoms in total. The Kier molecular flexibility index (Phi) is 3.63. The van der Waals surface area contributed by atoms with E-state index < -0.39 is 5.41 Å². The van der Waals surface area contributed by atoms with Gasteiger partial charge in [0.1, 0.15) is 6.07 Å². The minimum absolute atomic E-state index is 0.0527. The first-order chi connectivity index (χ1) is 10.4. The molecule has 1 aliphatic heterocycles. The topological polar surface area (TPSA) is 61.2 Å². The summed E-state index contributed by atoms with van der Waals surface area (Å²) in [5, 5.41) is 9.30. The maximum atomic E-state index is 12.6. The van der Waals surface area contributed by atoms with E-state index in [1.807, 2.05) is 24.8 Å². The van der Waals surface area contributed by atoms with Gasteiger partial charge in [-0.3, -0.25) is 9.59 Å². The predicted octanol–water partition coefficient (Wildman–Crippen LogP) is 2.84. The van der Waals surface area contributed by atoms with Crippen LogP contribution in [0.4, 0.5) is 0 Å². The van der Waals surface area contributed by atoms with Crippen LogP contribution in [0.2, 0.25) is 0 Å². The Morgan fingerprint density at radius 2 is 2.09 bits per heavy atom. The molecule has 1 saturated carbocycles.